The first-order chi connectivity index (χ1) is 12.6. The minimum absolute atomic E-state index is 0.608. The third-order valence-corrected chi connectivity index (χ3v) is 5.59. The van der Waals surface area contributed by atoms with E-state index in [4.69, 9.17) is 39.9 Å². The maximum atomic E-state index is 6.48. The normalized spacial score (nSPS) is 13.8. The fourth-order valence-corrected chi connectivity index (χ4v) is 4.16. The van der Waals surface area contributed by atoms with Gasteiger partial charge in [0.05, 0.1) is 15.7 Å². The third kappa shape index (κ3) is 3.09. The lowest BCUT2D eigenvalue weighted by molar-refractivity contribution is 0.779. The van der Waals surface area contributed by atoms with Gasteiger partial charge in [-0.1, -0.05) is 46.9 Å². The van der Waals surface area contributed by atoms with Crippen molar-refractivity contribution in [1.29, 1.82) is 0 Å². The number of hydrogen-bond donors (Lipinski definition) is 1. The van der Waals surface area contributed by atoms with Gasteiger partial charge in [-0.25, -0.2) is 4.68 Å². The van der Waals surface area contributed by atoms with Gasteiger partial charge in [-0.3, -0.25) is 0 Å². The summed E-state index contributed by atoms with van der Waals surface area (Å²) in [7, 11) is 0. The van der Waals surface area contributed by atoms with Crippen LogP contribution in [0.3, 0.4) is 0 Å². The van der Waals surface area contributed by atoms with Crippen molar-refractivity contribution in [2.75, 3.05) is 11.9 Å². The second-order valence-electron chi connectivity index (χ2n) is 6.50. The molecule has 0 atom stereocenters. The van der Waals surface area contributed by atoms with E-state index in [1.54, 1.807) is 0 Å². The largest absolute Gasteiger partial charge is 0.370 e. The summed E-state index contributed by atoms with van der Waals surface area (Å²) in [5.41, 5.74) is 4.83. The Morgan fingerprint density at radius 1 is 1.04 bits per heavy atom. The van der Waals surface area contributed by atoms with Gasteiger partial charge < -0.3 is 5.32 Å². The summed E-state index contributed by atoms with van der Waals surface area (Å²) in [6.45, 7) is 2.96. The summed E-state index contributed by atoms with van der Waals surface area (Å²) < 4.78 is 1.94. The summed E-state index contributed by atoms with van der Waals surface area (Å²) >= 11 is 19.2. The molecule has 0 fully saturated rings. The van der Waals surface area contributed by atoms with Gasteiger partial charge in [0.2, 0.25) is 0 Å². The highest BCUT2D eigenvalue weighted by molar-refractivity contribution is 6.39. The molecule has 2 heterocycles. The van der Waals surface area contributed by atoms with Gasteiger partial charge >= 0.3 is 0 Å². The molecular weight excluding hydrogens is 389 g/mol. The highest BCUT2D eigenvalue weighted by Crippen LogP contribution is 2.40. The van der Waals surface area contributed by atoms with Crippen molar-refractivity contribution < 1.29 is 0 Å². The Labute approximate surface area is 167 Å². The molecule has 1 aliphatic heterocycles. The predicted octanol–water partition coefficient (Wildman–Crippen LogP) is 6.56. The molecular formula is C20H18Cl3N3. The Hall–Kier alpha value is -1.68. The lowest BCUT2D eigenvalue weighted by Gasteiger charge is -2.12. The minimum Gasteiger partial charge on any atom is -0.370 e. The first-order valence-electron chi connectivity index (χ1n) is 8.63. The minimum atomic E-state index is 0.608. The molecule has 6 heteroatoms. The molecule has 3 nitrogen and oxygen atoms in total. The van der Waals surface area contributed by atoms with E-state index in [0.717, 1.165) is 59.7 Å². The fourth-order valence-electron chi connectivity index (χ4n) is 3.41. The Morgan fingerprint density at radius 2 is 1.81 bits per heavy atom. The van der Waals surface area contributed by atoms with E-state index >= 15 is 0 Å². The first kappa shape index (κ1) is 17.7. The Balaban J connectivity index is 2.00. The maximum absolute atomic E-state index is 6.48. The van der Waals surface area contributed by atoms with Gasteiger partial charge in [-0.2, -0.15) is 5.10 Å². The predicted molar refractivity (Wildman–Crippen MR) is 110 cm³/mol. The zero-order chi connectivity index (χ0) is 18.3. The summed E-state index contributed by atoms with van der Waals surface area (Å²) in [5.74, 6) is 0.999. The van der Waals surface area contributed by atoms with E-state index in [9.17, 15) is 0 Å². The number of aryl methyl sites for hydroxylation is 1. The summed E-state index contributed by atoms with van der Waals surface area (Å²) in [6.07, 6.45) is 3.13. The van der Waals surface area contributed by atoms with Crippen LogP contribution in [0.4, 0.5) is 5.82 Å². The molecule has 4 rings (SSSR count). The van der Waals surface area contributed by atoms with Crippen molar-refractivity contribution in [2.24, 2.45) is 0 Å². The molecule has 0 bridgehead atoms. The summed E-state index contributed by atoms with van der Waals surface area (Å²) in [5, 5.41) is 10.4. The number of fused-ring (bicyclic) bond motifs is 1. The SMILES string of the molecule is Cc1ccc(Cl)cc1-n1nc(-c2c(Cl)cccc2Cl)c2c1NCCCC2. The van der Waals surface area contributed by atoms with Crippen LogP contribution in [0.2, 0.25) is 15.1 Å². The third-order valence-electron chi connectivity index (χ3n) is 4.73. The number of nitrogens with zero attached hydrogens (tertiary/aromatic N) is 2. The number of hydrogen-bond acceptors (Lipinski definition) is 2. The standard InChI is InChI=1S/C20H18Cl3N3/c1-12-8-9-13(21)11-17(12)26-20-14(5-2-3-10-24-20)19(25-26)18-15(22)6-4-7-16(18)23/h4,6-9,11,24H,2-3,5,10H2,1H3. The summed E-state index contributed by atoms with van der Waals surface area (Å²) in [4.78, 5) is 0. The number of aromatic nitrogens is 2. The number of halogens is 3. The topological polar surface area (TPSA) is 29.9 Å². The smallest absolute Gasteiger partial charge is 0.133 e. The zero-order valence-electron chi connectivity index (χ0n) is 14.3. The molecule has 1 aromatic heterocycles. The van der Waals surface area contributed by atoms with Crippen LogP contribution in [0.25, 0.3) is 16.9 Å². The van der Waals surface area contributed by atoms with Crippen molar-refractivity contribution in [3.8, 4) is 16.9 Å². The summed E-state index contributed by atoms with van der Waals surface area (Å²) in [6, 6.07) is 11.4. The highest BCUT2D eigenvalue weighted by Gasteiger charge is 2.25. The van der Waals surface area contributed by atoms with Crippen molar-refractivity contribution in [3.63, 3.8) is 0 Å². The van der Waals surface area contributed by atoms with E-state index < -0.39 is 0 Å². The monoisotopic (exact) mass is 405 g/mol. The average molecular weight is 407 g/mol. The van der Waals surface area contributed by atoms with E-state index in [-0.39, 0.29) is 0 Å². The number of benzene rings is 2. The fraction of sp³-hybridized carbons (Fsp3) is 0.250. The van der Waals surface area contributed by atoms with Crippen LogP contribution in [0.5, 0.6) is 0 Å². The van der Waals surface area contributed by atoms with E-state index in [1.807, 2.05) is 41.1 Å². The molecule has 134 valence electrons. The van der Waals surface area contributed by atoms with Gasteiger partial charge in [-0.15, -0.1) is 0 Å². The molecule has 1 aliphatic rings. The molecule has 26 heavy (non-hydrogen) atoms. The van der Waals surface area contributed by atoms with E-state index in [1.165, 1.54) is 0 Å². The Morgan fingerprint density at radius 3 is 2.58 bits per heavy atom. The zero-order valence-corrected chi connectivity index (χ0v) is 16.6. The van der Waals surface area contributed by atoms with Crippen molar-refractivity contribution in [3.05, 3.63) is 62.6 Å². The molecule has 0 amide bonds. The van der Waals surface area contributed by atoms with Crippen LogP contribution in [-0.4, -0.2) is 16.3 Å². The lowest BCUT2D eigenvalue weighted by atomic mass is 10.0. The van der Waals surface area contributed by atoms with Crippen LogP contribution in [0.15, 0.2) is 36.4 Å². The molecule has 3 aromatic rings. The van der Waals surface area contributed by atoms with Gasteiger partial charge in [0.15, 0.2) is 0 Å². The van der Waals surface area contributed by atoms with Crippen LogP contribution in [0.1, 0.15) is 24.0 Å². The second kappa shape index (κ2) is 7.15. The van der Waals surface area contributed by atoms with Crippen LogP contribution >= 0.6 is 34.8 Å². The molecule has 0 saturated heterocycles. The van der Waals surface area contributed by atoms with Gasteiger partial charge in [0, 0.05) is 22.7 Å². The lowest BCUT2D eigenvalue weighted by Crippen LogP contribution is -2.08. The van der Waals surface area contributed by atoms with Crippen molar-refractivity contribution >= 4 is 40.6 Å². The molecule has 0 saturated carbocycles. The second-order valence-corrected chi connectivity index (χ2v) is 7.75. The quantitative estimate of drug-likeness (QED) is 0.522. The maximum Gasteiger partial charge on any atom is 0.133 e. The van der Waals surface area contributed by atoms with E-state index in [0.29, 0.717) is 15.1 Å². The number of nitrogens with one attached hydrogen (secondary N) is 1. The molecule has 0 aliphatic carbocycles. The molecule has 0 unspecified atom stereocenters. The highest BCUT2D eigenvalue weighted by atomic mass is 35.5. The van der Waals surface area contributed by atoms with E-state index in [2.05, 4.69) is 12.2 Å². The molecule has 0 radical (unpaired) electrons. The number of anilines is 1. The van der Waals surface area contributed by atoms with Crippen molar-refractivity contribution in [2.45, 2.75) is 26.2 Å². The van der Waals surface area contributed by atoms with Crippen LogP contribution in [-0.2, 0) is 6.42 Å². The Kier molecular flexibility index (Phi) is 4.87. The van der Waals surface area contributed by atoms with Crippen LogP contribution < -0.4 is 5.32 Å². The molecule has 1 N–H and O–H groups in total. The van der Waals surface area contributed by atoms with Gasteiger partial charge in [0.25, 0.3) is 0 Å². The van der Waals surface area contributed by atoms with Gasteiger partial charge in [-0.05, 0) is 56.0 Å². The molecule has 2 aromatic carbocycles. The number of rotatable bonds is 2. The molecule has 0 spiro atoms. The Bertz CT molecular complexity index is 958. The van der Waals surface area contributed by atoms with Gasteiger partial charge in [0.1, 0.15) is 11.5 Å². The van der Waals surface area contributed by atoms with Crippen molar-refractivity contribution in [1.82, 2.24) is 9.78 Å². The van der Waals surface area contributed by atoms with Crippen LogP contribution in [0, 0.1) is 6.92 Å². The first-order valence-corrected chi connectivity index (χ1v) is 9.76. The average Bonchev–Trinajstić information content (AvgIpc) is 2.79.